The van der Waals surface area contributed by atoms with Crippen molar-refractivity contribution in [3.63, 3.8) is 0 Å². The molecule has 1 saturated heterocycles. The van der Waals surface area contributed by atoms with Gasteiger partial charge in [-0.15, -0.1) is 0 Å². The van der Waals surface area contributed by atoms with E-state index in [9.17, 15) is 19.2 Å². The Balaban J connectivity index is 1.76. The number of hydrogen-bond donors (Lipinski definition) is 1. The van der Waals surface area contributed by atoms with Gasteiger partial charge in [0.25, 0.3) is 5.56 Å². The highest BCUT2D eigenvalue weighted by Crippen LogP contribution is 2.47. The minimum atomic E-state index is -1.21. The van der Waals surface area contributed by atoms with Gasteiger partial charge in [0.05, 0.1) is 25.1 Å². The van der Waals surface area contributed by atoms with Crippen LogP contribution in [0.25, 0.3) is 0 Å². The molecule has 3 aromatic rings. The van der Waals surface area contributed by atoms with E-state index in [1.54, 1.807) is 6.92 Å². The highest BCUT2D eigenvalue weighted by atomic mass is 32.2. The average Bonchev–Trinajstić information content (AvgIpc) is 3.21. The van der Waals surface area contributed by atoms with E-state index in [1.807, 2.05) is 60.7 Å². The zero-order valence-corrected chi connectivity index (χ0v) is 24.2. The van der Waals surface area contributed by atoms with E-state index in [0.29, 0.717) is 5.56 Å². The number of aryl methyl sites for hydroxylation is 1. The number of nitrogens with one attached hydrogen (secondary N) is 1. The quantitative estimate of drug-likeness (QED) is 0.359. The monoisotopic (exact) mass is 584 g/mol. The van der Waals surface area contributed by atoms with Crippen LogP contribution in [0.3, 0.4) is 0 Å². The highest BCUT2D eigenvalue weighted by molar-refractivity contribution is 8.14. The maximum Gasteiger partial charge on any atom is 0.330 e. The summed E-state index contributed by atoms with van der Waals surface area (Å²) in [4.78, 5) is 52.0. The summed E-state index contributed by atoms with van der Waals surface area (Å²) >= 11 is 2.07. The number of thioether (sulfide) groups is 2. The Morgan fingerprint density at radius 2 is 1.60 bits per heavy atom. The number of aromatic nitrogens is 2. The number of carbonyl (C=O) groups is 2. The molecular weight excluding hydrogens is 552 g/mol. The Morgan fingerprint density at radius 3 is 2.20 bits per heavy atom. The molecule has 0 amide bonds. The van der Waals surface area contributed by atoms with Crippen molar-refractivity contribution < 1.29 is 23.8 Å². The predicted molar refractivity (Wildman–Crippen MR) is 155 cm³/mol. The van der Waals surface area contributed by atoms with Crippen LogP contribution < -0.4 is 11.2 Å². The third-order valence-electron chi connectivity index (χ3n) is 6.43. The predicted octanol–water partition coefficient (Wildman–Crippen LogP) is 3.84. The first-order valence-corrected chi connectivity index (χ1v) is 14.6. The van der Waals surface area contributed by atoms with E-state index in [0.717, 1.165) is 34.7 Å². The SMILES string of the molecule is CC(=O)SC[C@]1(COCc2ccccc2)O[C@@H](n2cc(C)c(=O)[nH]c2=O)[C@H](SC(C)=O)[C@@H]1OCc1ccccc1. The molecule has 0 unspecified atom stereocenters. The normalized spacial score (nSPS) is 22.3. The minimum absolute atomic E-state index is 0.0319. The molecule has 4 atom stereocenters. The molecule has 2 heterocycles. The summed E-state index contributed by atoms with van der Waals surface area (Å²) in [7, 11) is 0. The molecule has 1 aliphatic rings. The maximum absolute atomic E-state index is 13.0. The Hall–Kier alpha value is -2.96. The van der Waals surface area contributed by atoms with Gasteiger partial charge in [0, 0.05) is 31.4 Å². The summed E-state index contributed by atoms with van der Waals surface area (Å²) in [5.74, 6) is 0.166. The van der Waals surface area contributed by atoms with Crippen molar-refractivity contribution in [2.24, 2.45) is 0 Å². The lowest BCUT2D eigenvalue weighted by atomic mass is 9.99. The first kappa shape index (κ1) is 30.0. The number of nitrogens with zero attached hydrogens (tertiary/aromatic N) is 1. The lowest BCUT2D eigenvalue weighted by Gasteiger charge is -2.34. The van der Waals surface area contributed by atoms with E-state index < -0.39 is 34.4 Å². The van der Waals surface area contributed by atoms with E-state index in [2.05, 4.69) is 4.98 Å². The van der Waals surface area contributed by atoms with E-state index in [1.165, 1.54) is 24.6 Å². The summed E-state index contributed by atoms with van der Waals surface area (Å²) in [6.07, 6.45) is -0.314. The van der Waals surface area contributed by atoms with Gasteiger partial charge in [0.1, 0.15) is 11.7 Å². The Morgan fingerprint density at radius 1 is 0.975 bits per heavy atom. The van der Waals surface area contributed by atoms with E-state index >= 15 is 0 Å². The molecule has 212 valence electrons. The third kappa shape index (κ3) is 7.41. The Bertz CT molecular complexity index is 1430. The van der Waals surface area contributed by atoms with E-state index in [4.69, 9.17) is 14.2 Å². The number of ether oxygens (including phenoxy) is 3. The topological polar surface area (TPSA) is 117 Å². The molecule has 0 bridgehead atoms. The van der Waals surface area contributed by atoms with Crippen molar-refractivity contribution in [1.82, 2.24) is 9.55 Å². The van der Waals surface area contributed by atoms with Crippen molar-refractivity contribution in [2.45, 2.75) is 57.2 Å². The van der Waals surface area contributed by atoms with Gasteiger partial charge in [-0.25, -0.2) is 4.79 Å². The molecule has 1 fully saturated rings. The summed E-state index contributed by atoms with van der Waals surface area (Å²) in [5, 5.41) is -0.998. The van der Waals surface area contributed by atoms with Gasteiger partial charge in [-0.2, -0.15) is 0 Å². The summed E-state index contributed by atoms with van der Waals surface area (Å²) in [6.45, 7) is 5.02. The second-order valence-electron chi connectivity index (χ2n) is 9.60. The second-order valence-corrected chi connectivity index (χ2v) is 12.1. The Kier molecular flexibility index (Phi) is 10.2. The largest absolute Gasteiger partial charge is 0.374 e. The molecule has 11 heteroatoms. The summed E-state index contributed by atoms with van der Waals surface area (Å²) in [5.41, 5.74) is -0.204. The molecule has 1 N–H and O–H groups in total. The van der Waals surface area contributed by atoms with Crippen LogP contribution in [-0.4, -0.2) is 49.1 Å². The number of aromatic amines is 1. The molecule has 2 aromatic carbocycles. The second kappa shape index (κ2) is 13.6. The van der Waals surface area contributed by atoms with Gasteiger partial charge in [0.15, 0.2) is 16.5 Å². The number of benzene rings is 2. The first-order chi connectivity index (χ1) is 19.2. The number of rotatable bonds is 11. The fraction of sp³-hybridized carbons (Fsp3) is 0.379. The van der Waals surface area contributed by atoms with Crippen molar-refractivity contribution in [2.75, 3.05) is 12.4 Å². The highest BCUT2D eigenvalue weighted by Gasteiger charge is 2.58. The fourth-order valence-corrected chi connectivity index (χ4v) is 6.45. The average molecular weight is 585 g/mol. The number of carbonyl (C=O) groups excluding carboxylic acids is 2. The van der Waals surface area contributed by atoms with Crippen molar-refractivity contribution in [1.29, 1.82) is 0 Å². The van der Waals surface area contributed by atoms with Crippen LogP contribution in [0.1, 0.15) is 36.8 Å². The lowest BCUT2D eigenvalue weighted by molar-refractivity contribution is -0.144. The zero-order chi connectivity index (χ0) is 28.7. The van der Waals surface area contributed by atoms with Crippen molar-refractivity contribution in [3.8, 4) is 0 Å². The van der Waals surface area contributed by atoms with Crippen LogP contribution in [-0.2, 0) is 37.0 Å². The minimum Gasteiger partial charge on any atom is -0.374 e. The molecule has 0 aliphatic carbocycles. The van der Waals surface area contributed by atoms with Crippen molar-refractivity contribution in [3.05, 3.63) is 104 Å². The molecule has 4 rings (SSSR count). The van der Waals surface area contributed by atoms with Gasteiger partial charge in [-0.3, -0.25) is 23.9 Å². The van der Waals surface area contributed by atoms with Crippen molar-refractivity contribution >= 4 is 33.8 Å². The molecule has 0 radical (unpaired) electrons. The molecule has 40 heavy (non-hydrogen) atoms. The van der Waals surface area contributed by atoms with Gasteiger partial charge >= 0.3 is 5.69 Å². The molecule has 1 aliphatic heterocycles. The van der Waals surface area contributed by atoms with Gasteiger partial charge in [-0.1, -0.05) is 84.2 Å². The molecule has 9 nitrogen and oxygen atoms in total. The molecule has 0 saturated carbocycles. The summed E-state index contributed by atoms with van der Waals surface area (Å²) < 4.78 is 20.6. The standard InChI is InChI=1S/C29H32N2O7S2/c1-19-14-31(28(35)30-26(19)34)27-24(40-21(3)33)25(37-16-23-12-8-5-9-13-23)29(38-27,18-39-20(2)32)17-36-15-22-10-6-4-7-11-22/h4-14,24-25,27H,15-18H2,1-3H3,(H,30,34,35)/t24-,25+,27-,29+/m1/s1. The number of hydrogen-bond acceptors (Lipinski definition) is 9. The van der Waals surface area contributed by atoms with Gasteiger partial charge in [-0.05, 0) is 18.1 Å². The molecular formula is C29H32N2O7S2. The third-order valence-corrected chi connectivity index (χ3v) is 8.55. The van der Waals surface area contributed by atoms with Gasteiger partial charge < -0.3 is 14.2 Å². The molecule has 1 aromatic heterocycles. The fourth-order valence-electron chi connectivity index (χ4n) is 4.55. The van der Waals surface area contributed by atoms with Crippen LogP contribution in [0, 0.1) is 6.92 Å². The first-order valence-electron chi connectivity index (χ1n) is 12.8. The number of H-pyrrole nitrogens is 1. The maximum atomic E-state index is 13.0. The van der Waals surface area contributed by atoms with Gasteiger partial charge in [0.2, 0.25) is 0 Å². The van der Waals surface area contributed by atoms with Crippen LogP contribution in [0.15, 0.2) is 76.4 Å². The Labute approximate surface area is 240 Å². The zero-order valence-electron chi connectivity index (χ0n) is 22.5. The molecule has 0 spiro atoms. The smallest absolute Gasteiger partial charge is 0.330 e. The van der Waals surface area contributed by atoms with Crippen LogP contribution >= 0.6 is 23.5 Å². The van der Waals surface area contributed by atoms with Crippen LogP contribution in [0.4, 0.5) is 0 Å². The van der Waals surface area contributed by atoms with E-state index in [-0.39, 0.29) is 35.8 Å². The lowest BCUT2D eigenvalue weighted by Crippen LogP contribution is -2.50. The summed E-state index contributed by atoms with van der Waals surface area (Å²) in [6, 6.07) is 19.2. The van der Waals surface area contributed by atoms with Crippen LogP contribution in [0.5, 0.6) is 0 Å². The van der Waals surface area contributed by atoms with Crippen LogP contribution in [0.2, 0.25) is 0 Å².